The summed E-state index contributed by atoms with van der Waals surface area (Å²) >= 11 is 0. The Morgan fingerprint density at radius 1 is 0.931 bits per heavy atom. The van der Waals surface area contributed by atoms with Crippen molar-refractivity contribution in [2.24, 2.45) is 0 Å². The SMILES string of the molecule is O=C1c2oc3ccc(F)cc3c(=O)c2[C@@H](c2ccc(F)cc2)N1c1ccccn1. The van der Waals surface area contributed by atoms with Crippen molar-refractivity contribution in [3.63, 3.8) is 0 Å². The van der Waals surface area contributed by atoms with E-state index in [0.717, 1.165) is 12.1 Å². The standard InChI is InChI=1S/C22H12F2N2O3/c23-13-6-4-12(5-7-13)19-18-20(27)15-11-14(24)8-9-16(15)29-21(18)22(28)26(19)17-3-1-2-10-25-17/h1-11,19H/t19-/m1/s1. The number of carbonyl (C=O) groups excluding carboxylic acids is 1. The van der Waals surface area contributed by atoms with Crippen molar-refractivity contribution in [2.45, 2.75) is 6.04 Å². The van der Waals surface area contributed by atoms with Crippen LogP contribution in [0, 0.1) is 11.6 Å². The summed E-state index contributed by atoms with van der Waals surface area (Å²) in [6.07, 6.45) is 1.52. The maximum atomic E-state index is 13.7. The van der Waals surface area contributed by atoms with Gasteiger partial charge >= 0.3 is 0 Å². The molecule has 0 saturated carbocycles. The number of hydrogen-bond donors (Lipinski definition) is 0. The summed E-state index contributed by atoms with van der Waals surface area (Å²) < 4.78 is 32.9. The first-order chi connectivity index (χ1) is 14.0. The fraction of sp³-hybridized carbons (Fsp3) is 0.0455. The number of halogens is 2. The quantitative estimate of drug-likeness (QED) is 0.514. The highest BCUT2D eigenvalue weighted by atomic mass is 19.1. The van der Waals surface area contributed by atoms with E-state index < -0.39 is 29.0 Å². The summed E-state index contributed by atoms with van der Waals surface area (Å²) in [7, 11) is 0. The van der Waals surface area contributed by atoms with Crippen LogP contribution in [0.25, 0.3) is 11.0 Å². The van der Waals surface area contributed by atoms with Gasteiger partial charge in [0.05, 0.1) is 17.0 Å². The summed E-state index contributed by atoms with van der Waals surface area (Å²) in [5.74, 6) is -1.40. The van der Waals surface area contributed by atoms with Gasteiger partial charge in [-0.2, -0.15) is 0 Å². The van der Waals surface area contributed by atoms with E-state index >= 15 is 0 Å². The van der Waals surface area contributed by atoms with Gasteiger partial charge in [0, 0.05) is 6.20 Å². The van der Waals surface area contributed by atoms with Gasteiger partial charge in [-0.15, -0.1) is 0 Å². The Hall–Kier alpha value is -3.87. The second-order valence-electron chi connectivity index (χ2n) is 6.63. The van der Waals surface area contributed by atoms with Crippen LogP contribution in [0.5, 0.6) is 0 Å². The molecular weight excluding hydrogens is 378 g/mol. The molecule has 7 heteroatoms. The van der Waals surface area contributed by atoms with Crippen LogP contribution in [0.15, 0.2) is 76.1 Å². The number of aromatic nitrogens is 1. The first kappa shape index (κ1) is 17.2. The van der Waals surface area contributed by atoms with Crippen LogP contribution >= 0.6 is 0 Å². The summed E-state index contributed by atoms with van der Waals surface area (Å²) in [6, 6.07) is 13.2. The van der Waals surface area contributed by atoms with Crippen molar-refractivity contribution < 1.29 is 18.0 Å². The Bertz CT molecular complexity index is 1320. The third-order valence-electron chi connectivity index (χ3n) is 4.91. The zero-order chi connectivity index (χ0) is 20.1. The Labute approximate surface area is 162 Å². The maximum Gasteiger partial charge on any atom is 0.296 e. The first-order valence-electron chi connectivity index (χ1n) is 8.81. The van der Waals surface area contributed by atoms with Gasteiger partial charge in [0.15, 0.2) is 5.43 Å². The number of anilines is 1. The molecule has 0 fully saturated rings. The molecule has 0 bridgehead atoms. The predicted molar refractivity (Wildman–Crippen MR) is 102 cm³/mol. The lowest BCUT2D eigenvalue weighted by Crippen LogP contribution is -2.30. The number of fused-ring (bicyclic) bond motifs is 2. The molecule has 142 valence electrons. The van der Waals surface area contributed by atoms with Gasteiger partial charge < -0.3 is 4.42 Å². The van der Waals surface area contributed by atoms with E-state index in [9.17, 15) is 18.4 Å². The molecule has 0 spiro atoms. The zero-order valence-electron chi connectivity index (χ0n) is 14.8. The topological polar surface area (TPSA) is 63.4 Å². The molecule has 1 aliphatic rings. The lowest BCUT2D eigenvalue weighted by molar-refractivity contribution is 0.0970. The van der Waals surface area contributed by atoms with E-state index in [-0.39, 0.29) is 22.3 Å². The molecule has 4 aromatic rings. The number of benzene rings is 2. The van der Waals surface area contributed by atoms with Gasteiger partial charge in [-0.25, -0.2) is 13.8 Å². The minimum Gasteiger partial charge on any atom is -0.450 e. The number of nitrogens with zero attached hydrogens (tertiary/aromatic N) is 2. The van der Waals surface area contributed by atoms with Gasteiger partial charge in [-0.1, -0.05) is 18.2 Å². The Morgan fingerprint density at radius 3 is 2.41 bits per heavy atom. The van der Waals surface area contributed by atoms with Gasteiger partial charge in [0.1, 0.15) is 23.0 Å². The van der Waals surface area contributed by atoms with Crippen LogP contribution in [0.1, 0.15) is 27.7 Å². The van der Waals surface area contributed by atoms with E-state index in [0.29, 0.717) is 11.4 Å². The predicted octanol–water partition coefficient (Wildman–Crippen LogP) is 4.22. The molecule has 0 radical (unpaired) electrons. The molecule has 1 atom stereocenters. The molecule has 5 nitrogen and oxygen atoms in total. The average Bonchev–Trinajstić information content (AvgIpc) is 3.03. The van der Waals surface area contributed by atoms with Gasteiger partial charge in [-0.05, 0) is 48.0 Å². The number of pyridine rings is 1. The van der Waals surface area contributed by atoms with Crippen molar-refractivity contribution in [3.05, 3.63) is 106 Å². The molecule has 0 aliphatic carbocycles. The van der Waals surface area contributed by atoms with Crippen molar-refractivity contribution in [1.82, 2.24) is 4.98 Å². The van der Waals surface area contributed by atoms with Crippen molar-refractivity contribution in [3.8, 4) is 0 Å². The number of amides is 1. The first-order valence-corrected chi connectivity index (χ1v) is 8.81. The Kier molecular flexibility index (Phi) is 3.77. The Morgan fingerprint density at radius 2 is 1.69 bits per heavy atom. The molecule has 2 aromatic heterocycles. The molecule has 2 aromatic carbocycles. The van der Waals surface area contributed by atoms with E-state index in [1.54, 1.807) is 18.2 Å². The van der Waals surface area contributed by atoms with E-state index in [1.165, 1.54) is 41.4 Å². The highest BCUT2D eigenvalue weighted by molar-refractivity contribution is 6.10. The number of hydrogen-bond acceptors (Lipinski definition) is 4. The highest BCUT2D eigenvalue weighted by Crippen LogP contribution is 2.40. The zero-order valence-corrected chi connectivity index (χ0v) is 14.8. The van der Waals surface area contributed by atoms with Crippen molar-refractivity contribution >= 4 is 22.7 Å². The third kappa shape index (κ3) is 2.62. The summed E-state index contributed by atoms with van der Waals surface area (Å²) in [6.45, 7) is 0. The maximum absolute atomic E-state index is 13.7. The van der Waals surface area contributed by atoms with Crippen LogP contribution < -0.4 is 10.3 Å². The summed E-state index contributed by atoms with van der Waals surface area (Å²) in [5, 5.41) is 0.0338. The van der Waals surface area contributed by atoms with Crippen LogP contribution in [0.3, 0.4) is 0 Å². The number of carbonyl (C=O) groups is 1. The normalized spacial score (nSPS) is 15.7. The second-order valence-corrected chi connectivity index (χ2v) is 6.63. The third-order valence-corrected chi connectivity index (χ3v) is 4.91. The second kappa shape index (κ2) is 6.34. The van der Waals surface area contributed by atoms with Crippen molar-refractivity contribution in [1.29, 1.82) is 0 Å². The fourth-order valence-corrected chi connectivity index (χ4v) is 3.64. The monoisotopic (exact) mass is 390 g/mol. The highest BCUT2D eigenvalue weighted by Gasteiger charge is 2.44. The molecule has 5 rings (SSSR count). The minimum absolute atomic E-state index is 0.0338. The van der Waals surface area contributed by atoms with Gasteiger partial charge in [0.25, 0.3) is 5.91 Å². The van der Waals surface area contributed by atoms with Crippen LogP contribution in [-0.2, 0) is 0 Å². The minimum atomic E-state index is -0.878. The smallest absolute Gasteiger partial charge is 0.296 e. The molecule has 1 amide bonds. The molecule has 0 unspecified atom stereocenters. The number of rotatable bonds is 2. The lowest BCUT2D eigenvalue weighted by Gasteiger charge is -2.24. The average molecular weight is 390 g/mol. The summed E-state index contributed by atoms with van der Waals surface area (Å²) in [5.41, 5.74) is 0.184. The van der Waals surface area contributed by atoms with Gasteiger partial charge in [-0.3, -0.25) is 14.5 Å². The molecule has 0 N–H and O–H groups in total. The van der Waals surface area contributed by atoms with Crippen LogP contribution in [0.2, 0.25) is 0 Å². The molecule has 0 saturated heterocycles. The van der Waals surface area contributed by atoms with Crippen LogP contribution in [0.4, 0.5) is 14.6 Å². The van der Waals surface area contributed by atoms with E-state index in [1.807, 2.05) is 0 Å². The van der Waals surface area contributed by atoms with Gasteiger partial charge in [0.2, 0.25) is 5.76 Å². The molecule has 3 heterocycles. The van der Waals surface area contributed by atoms with Crippen LogP contribution in [-0.4, -0.2) is 10.9 Å². The molecule has 29 heavy (non-hydrogen) atoms. The largest absolute Gasteiger partial charge is 0.450 e. The van der Waals surface area contributed by atoms with E-state index in [2.05, 4.69) is 4.98 Å². The molecular formula is C22H12F2N2O3. The van der Waals surface area contributed by atoms with E-state index in [4.69, 9.17) is 4.42 Å². The fourth-order valence-electron chi connectivity index (χ4n) is 3.64. The Balaban J connectivity index is 1.83. The summed E-state index contributed by atoms with van der Waals surface area (Å²) in [4.78, 5) is 32.0. The van der Waals surface area contributed by atoms with Crippen molar-refractivity contribution in [2.75, 3.05) is 4.90 Å². The molecule has 1 aliphatic heterocycles. The lowest BCUT2D eigenvalue weighted by atomic mass is 9.98.